The van der Waals surface area contributed by atoms with Crippen LogP contribution in [0.15, 0.2) is 28.7 Å². The molecule has 0 bridgehead atoms. The minimum Gasteiger partial charge on any atom is -0.231 e. The van der Waals surface area contributed by atoms with Crippen molar-refractivity contribution in [1.82, 2.24) is 9.97 Å². The summed E-state index contributed by atoms with van der Waals surface area (Å²) in [5.74, 6) is 0.668. The predicted octanol–water partition coefficient (Wildman–Crippen LogP) is 5.17. The molecule has 0 amide bonds. The van der Waals surface area contributed by atoms with Gasteiger partial charge in [0, 0.05) is 11.0 Å². The van der Waals surface area contributed by atoms with Crippen LogP contribution in [0.4, 0.5) is 0 Å². The van der Waals surface area contributed by atoms with Gasteiger partial charge in [-0.15, -0.1) is 0 Å². The lowest BCUT2D eigenvalue weighted by atomic mass is 9.92. The Labute approximate surface area is 127 Å². The van der Waals surface area contributed by atoms with Gasteiger partial charge in [-0.1, -0.05) is 56.1 Å². The van der Waals surface area contributed by atoms with E-state index in [4.69, 9.17) is 11.6 Å². The second-order valence-electron chi connectivity index (χ2n) is 5.62. The second-order valence-corrected chi connectivity index (χ2v) is 6.77. The molecule has 0 radical (unpaired) electrons. The Balaban J connectivity index is 2.63. The van der Waals surface area contributed by atoms with Crippen molar-refractivity contribution in [3.05, 3.63) is 45.1 Å². The molecular formula is C15H16BrClN2. The number of rotatable bonds is 1. The maximum absolute atomic E-state index is 6.22. The Morgan fingerprint density at radius 3 is 2.42 bits per heavy atom. The molecule has 0 atom stereocenters. The van der Waals surface area contributed by atoms with E-state index in [-0.39, 0.29) is 5.41 Å². The average molecular weight is 340 g/mol. The summed E-state index contributed by atoms with van der Waals surface area (Å²) in [5, 5.41) is 0.455. The number of benzene rings is 1. The quantitative estimate of drug-likeness (QED) is 0.670. The summed E-state index contributed by atoms with van der Waals surface area (Å²) in [6.45, 7) is 8.37. The maximum Gasteiger partial charge on any atom is 0.161 e. The molecule has 1 aromatic heterocycles. The molecule has 0 fully saturated rings. The molecule has 0 saturated heterocycles. The lowest BCUT2D eigenvalue weighted by molar-refractivity contribution is 0.564. The van der Waals surface area contributed by atoms with Crippen LogP contribution in [0.25, 0.3) is 11.4 Å². The van der Waals surface area contributed by atoms with Crippen molar-refractivity contribution in [1.29, 1.82) is 0 Å². The molecule has 4 heteroatoms. The molecule has 100 valence electrons. The molecule has 2 aromatic rings. The molecule has 0 saturated carbocycles. The Morgan fingerprint density at radius 2 is 1.84 bits per heavy atom. The van der Waals surface area contributed by atoms with E-state index in [1.54, 1.807) is 0 Å². The fourth-order valence-electron chi connectivity index (χ4n) is 1.83. The van der Waals surface area contributed by atoms with Crippen molar-refractivity contribution < 1.29 is 0 Å². The number of aromatic nitrogens is 2. The van der Waals surface area contributed by atoms with E-state index in [0.29, 0.717) is 11.0 Å². The van der Waals surface area contributed by atoms with Crippen LogP contribution in [0.5, 0.6) is 0 Å². The van der Waals surface area contributed by atoms with E-state index < -0.39 is 0 Å². The summed E-state index contributed by atoms with van der Waals surface area (Å²) >= 11 is 9.70. The zero-order valence-corrected chi connectivity index (χ0v) is 13.8. The van der Waals surface area contributed by atoms with Gasteiger partial charge < -0.3 is 0 Å². The normalized spacial score (nSPS) is 11.7. The van der Waals surface area contributed by atoms with Crippen LogP contribution >= 0.6 is 27.5 Å². The number of halogens is 2. The molecular weight excluding hydrogens is 324 g/mol. The fraction of sp³-hybridized carbons (Fsp3) is 0.333. The van der Waals surface area contributed by atoms with E-state index in [0.717, 1.165) is 15.7 Å². The lowest BCUT2D eigenvalue weighted by Gasteiger charge is -2.20. The summed E-state index contributed by atoms with van der Waals surface area (Å²) < 4.78 is 0.776. The predicted molar refractivity (Wildman–Crippen MR) is 83.6 cm³/mol. The number of nitrogens with zero attached hydrogens (tertiary/aromatic N) is 2. The van der Waals surface area contributed by atoms with Gasteiger partial charge in [-0.3, -0.25) is 0 Å². The van der Waals surface area contributed by atoms with Crippen LogP contribution in [0.2, 0.25) is 5.15 Å². The molecule has 0 aliphatic heterocycles. The second kappa shape index (κ2) is 5.22. The largest absolute Gasteiger partial charge is 0.231 e. The van der Waals surface area contributed by atoms with Crippen LogP contribution in [-0.2, 0) is 5.41 Å². The lowest BCUT2D eigenvalue weighted by Crippen LogP contribution is -2.16. The highest BCUT2D eigenvalue weighted by Crippen LogP contribution is 2.34. The minimum atomic E-state index is -0.0933. The third-order valence-electron chi connectivity index (χ3n) is 2.80. The maximum atomic E-state index is 6.22. The third-order valence-corrected chi connectivity index (χ3v) is 4.05. The SMILES string of the molecule is Cc1cccc(-c2nc(Cl)c(Br)c(C(C)(C)C)n2)c1. The van der Waals surface area contributed by atoms with Crippen molar-refractivity contribution in [3.63, 3.8) is 0 Å². The highest BCUT2D eigenvalue weighted by atomic mass is 79.9. The summed E-state index contributed by atoms with van der Waals surface area (Å²) in [6, 6.07) is 8.11. The number of hydrogen-bond acceptors (Lipinski definition) is 2. The van der Waals surface area contributed by atoms with Gasteiger partial charge in [0.25, 0.3) is 0 Å². The van der Waals surface area contributed by atoms with Crippen LogP contribution in [0.1, 0.15) is 32.0 Å². The zero-order chi connectivity index (χ0) is 14.2. The van der Waals surface area contributed by atoms with Gasteiger partial charge >= 0.3 is 0 Å². The van der Waals surface area contributed by atoms with Crippen LogP contribution in [0, 0.1) is 6.92 Å². The molecule has 0 N–H and O–H groups in total. The summed E-state index contributed by atoms with van der Waals surface area (Å²) in [7, 11) is 0. The first-order valence-electron chi connectivity index (χ1n) is 6.09. The van der Waals surface area contributed by atoms with Crippen molar-refractivity contribution in [3.8, 4) is 11.4 Å². The van der Waals surface area contributed by atoms with Crippen LogP contribution < -0.4 is 0 Å². The molecule has 0 unspecified atom stereocenters. The third kappa shape index (κ3) is 3.15. The average Bonchev–Trinajstić information content (AvgIpc) is 2.31. The molecule has 0 spiro atoms. The van der Waals surface area contributed by atoms with Crippen molar-refractivity contribution in [2.75, 3.05) is 0 Å². The van der Waals surface area contributed by atoms with E-state index >= 15 is 0 Å². The molecule has 1 heterocycles. The minimum absolute atomic E-state index is 0.0933. The summed E-state index contributed by atoms with van der Waals surface area (Å²) in [5.41, 5.74) is 2.99. The van der Waals surface area contributed by atoms with Gasteiger partial charge in [0.05, 0.1) is 10.2 Å². The fourth-order valence-corrected chi connectivity index (χ4v) is 2.77. The molecule has 1 aromatic carbocycles. The summed E-state index contributed by atoms with van der Waals surface area (Å²) in [6.07, 6.45) is 0. The number of aryl methyl sites for hydroxylation is 1. The Morgan fingerprint density at radius 1 is 1.16 bits per heavy atom. The topological polar surface area (TPSA) is 25.8 Å². The van der Waals surface area contributed by atoms with Gasteiger partial charge in [0.1, 0.15) is 5.15 Å². The number of hydrogen-bond donors (Lipinski definition) is 0. The molecule has 19 heavy (non-hydrogen) atoms. The van der Waals surface area contributed by atoms with Crippen molar-refractivity contribution >= 4 is 27.5 Å². The molecule has 2 rings (SSSR count). The molecule has 0 aliphatic rings. The Hall–Kier alpha value is -0.930. The van der Waals surface area contributed by atoms with E-state index in [1.165, 1.54) is 5.56 Å². The van der Waals surface area contributed by atoms with Crippen LogP contribution in [-0.4, -0.2) is 9.97 Å². The van der Waals surface area contributed by atoms with E-state index in [2.05, 4.69) is 65.7 Å². The van der Waals surface area contributed by atoms with Gasteiger partial charge in [0.15, 0.2) is 5.82 Å². The van der Waals surface area contributed by atoms with Gasteiger partial charge in [-0.05, 0) is 28.9 Å². The zero-order valence-electron chi connectivity index (χ0n) is 11.5. The first-order chi connectivity index (χ1) is 8.79. The van der Waals surface area contributed by atoms with Gasteiger partial charge in [0.2, 0.25) is 0 Å². The molecule has 0 aliphatic carbocycles. The monoisotopic (exact) mass is 338 g/mol. The van der Waals surface area contributed by atoms with Gasteiger partial charge in [-0.2, -0.15) is 0 Å². The smallest absolute Gasteiger partial charge is 0.161 e. The van der Waals surface area contributed by atoms with E-state index in [1.807, 2.05) is 12.1 Å². The van der Waals surface area contributed by atoms with Gasteiger partial charge in [-0.25, -0.2) is 9.97 Å². The highest BCUT2D eigenvalue weighted by Gasteiger charge is 2.23. The van der Waals surface area contributed by atoms with E-state index in [9.17, 15) is 0 Å². The first kappa shape index (κ1) is 14.5. The summed E-state index contributed by atoms with van der Waals surface area (Å²) in [4.78, 5) is 9.04. The standard InChI is InChI=1S/C15H16BrClN2/c1-9-6-5-7-10(8-9)14-18-12(15(2,3)4)11(16)13(17)19-14/h5-8H,1-4H3. The van der Waals surface area contributed by atoms with Crippen molar-refractivity contribution in [2.24, 2.45) is 0 Å². The van der Waals surface area contributed by atoms with Crippen LogP contribution in [0.3, 0.4) is 0 Å². The van der Waals surface area contributed by atoms with Crippen molar-refractivity contribution in [2.45, 2.75) is 33.1 Å². The Kier molecular flexibility index (Phi) is 3.98. The highest BCUT2D eigenvalue weighted by molar-refractivity contribution is 9.10. The first-order valence-corrected chi connectivity index (χ1v) is 7.26. The Bertz CT molecular complexity index is 618. The molecule has 2 nitrogen and oxygen atoms in total.